The van der Waals surface area contributed by atoms with Crippen molar-refractivity contribution in [3.05, 3.63) is 44.3 Å². The summed E-state index contributed by atoms with van der Waals surface area (Å²) in [7, 11) is 0. The lowest BCUT2D eigenvalue weighted by Gasteiger charge is -2.03. The van der Waals surface area contributed by atoms with Gasteiger partial charge < -0.3 is 4.74 Å². The number of pyridine rings is 1. The van der Waals surface area contributed by atoms with Gasteiger partial charge in [-0.2, -0.15) is 0 Å². The molecule has 0 unspecified atom stereocenters. The zero-order valence-corrected chi connectivity index (χ0v) is 10.8. The highest BCUT2D eigenvalue weighted by Gasteiger charge is 1.99. The van der Waals surface area contributed by atoms with Crippen molar-refractivity contribution in [1.29, 1.82) is 0 Å². The van der Waals surface area contributed by atoms with Crippen LogP contribution in [-0.2, 0) is 6.61 Å². The van der Waals surface area contributed by atoms with E-state index in [-0.39, 0.29) is 0 Å². The number of aromatic nitrogens is 1. The average molecular weight is 305 g/mol. The predicted octanol–water partition coefficient (Wildman–Crippen LogP) is 4.14. The van der Waals surface area contributed by atoms with Gasteiger partial charge in [0.05, 0.1) is 10.5 Å². The summed E-state index contributed by atoms with van der Waals surface area (Å²) in [6.45, 7) is 0.528. The molecule has 5 heteroatoms. The molecule has 15 heavy (non-hydrogen) atoms. The van der Waals surface area contributed by atoms with Gasteiger partial charge in [-0.05, 0) is 40.2 Å². The van der Waals surface area contributed by atoms with Crippen LogP contribution in [0.2, 0.25) is 4.34 Å². The minimum absolute atomic E-state index is 0.528. The van der Waals surface area contributed by atoms with Gasteiger partial charge in [0, 0.05) is 4.88 Å². The van der Waals surface area contributed by atoms with Crippen LogP contribution < -0.4 is 4.74 Å². The standard InChI is InChI=1S/C10H7BrClNOS/c11-9-3-1-7(5-13-9)14-6-8-2-4-10(12)15-8/h1-5H,6H2. The van der Waals surface area contributed by atoms with Crippen molar-refractivity contribution in [2.75, 3.05) is 0 Å². The van der Waals surface area contributed by atoms with Crippen LogP contribution >= 0.6 is 38.9 Å². The second-order valence-corrected chi connectivity index (χ2v) is 5.42. The fraction of sp³-hybridized carbons (Fsp3) is 0.100. The number of hydrogen-bond donors (Lipinski definition) is 0. The second-order valence-electron chi connectivity index (χ2n) is 2.81. The van der Waals surface area contributed by atoms with Crippen LogP contribution in [0.1, 0.15) is 4.88 Å². The van der Waals surface area contributed by atoms with Crippen LogP contribution in [-0.4, -0.2) is 4.98 Å². The molecule has 0 radical (unpaired) electrons. The summed E-state index contributed by atoms with van der Waals surface area (Å²) < 4.78 is 7.11. The molecule has 0 saturated heterocycles. The lowest BCUT2D eigenvalue weighted by Crippen LogP contribution is -1.92. The van der Waals surface area contributed by atoms with E-state index in [1.807, 2.05) is 24.3 Å². The highest BCUT2D eigenvalue weighted by molar-refractivity contribution is 9.10. The van der Waals surface area contributed by atoms with Gasteiger partial charge in [-0.3, -0.25) is 0 Å². The first-order valence-electron chi connectivity index (χ1n) is 4.22. The molecule has 0 aliphatic carbocycles. The van der Waals surface area contributed by atoms with Crippen molar-refractivity contribution in [2.24, 2.45) is 0 Å². The van der Waals surface area contributed by atoms with Crippen molar-refractivity contribution in [3.63, 3.8) is 0 Å². The van der Waals surface area contributed by atoms with E-state index in [9.17, 15) is 0 Å². The molecule has 78 valence electrons. The van der Waals surface area contributed by atoms with Crippen molar-refractivity contribution in [3.8, 4) is 5.75 Å². The summed E-state index contributed by atoms with van der Waals surface area (Å²) in [6, 6.07) is 7.53. The van der Waals surface area contributed by atoms with Gasteiger partial charge >= 0.3 is 0 Å². The Kier molecular flexibility index (Phi) is 3.61. The summed E-state index contributed by atoms with van der Waals surface area (Å²) in [5.74, 6) is 0.753. The van der Waals surface area contributed by atoms with Gasteiger partial charge in [-0.25, -0.2) is 4.98 Å². The molecule has 0 fully saturated rings. The first-order valence-corrected chi connectivity index (χ1v) is 6.21. The number of ether oxygens (including phenoxy) is 1. The van der Waals surface area contributed by atoms with Crippen LogP contribution in [0.3, 0.4) is 0 Å². The summed E-state index contributed by atoms with van der Waals surface area (Å²) in [6.07, 6.45) is 1.68. The monoisotopic (exact) mass is 303 g/mol. The summed E-state index contributed by atoms with van der Waals surface area (Å²) >= 11 is 10.6. The van der Waals surface area contributed by atoms with Gasteiger partial charge in [0.2, 0.25) is 0 Å². The van der Waals surface area contributed by atoms with E-state index in [1.165, 1.54) is 11.3 Å². The maximum absolute atomic E-state index is 5.81. The van der Waals surface area contributed by atoms with E-state index >= 15 is 0 Å². The van der Waals surface area contributed by atoms with E-state index in [4.69, 9.17) is 16.3 Å². The zero-order chi connectivity index (χ0) is 10.7. The molecular weight excluding hydrogens is 298 g/mol. The van der Waals surface area contributed by atoms with Crippen molar-refractivity contribution in [1.82, 2.24) is 4.98 Å². The Morgan fingerprint density at radius 1 is 1.33 bits per heavy atom. The second kappa shape index (κ2) is 4.96. The molecule has 0 aromatic carbocycles. The zero-order valence-electron chi connectivity index (χ0n) is 7.61. The number of hydrogen-bond acceptors (Lipinski definition) is 3. The minimum Gasteiger partial charge on any atom is -0.486 e. The normalized spacial score (nSPS) is 10.3. The van der Waals surface area contributed by atoms with Crippen LogP contribution in [0.5, 0.6) is 5.75 Å². The van der Waals surface area contributed by atoms with Crippen molar-refractivity contribution >= 4 is 38.9 Å². The van der Waals surface area contributed by atoms with Gasteiger partial charge in [0.15, 0.2) is 0 Å². The van der Waals surface area contributed by atoms with E-state index in [0.29, 0.717) is 6.61 Å². The third-order valence-corrected chi connectivity index (χ3v) is 3.38. The fourth-order valence-corrected chi connectivity index (χ4v) is 2.27. The van der Waals surface area contributed by atoms with Crippen LogP contribution in [0.15, 0.2) is 35.1 Å². The van der Waals surface area contributed by atoms with Gasteiger partial charge in [0.1, 0.15) is 17.0 Å². The Balaban J connectivity index is 1.96. The summed E-state index contributed by atoms with van der Waals surface area (Å²) in [5, 5.41) is 0. The van der Waals surface area contributed by atoms with Crippen LogP contribution in [0.25, 0.3) is 0 Å². The molecular formula is C10H7BrClNOS. The maximum Gasteiger partial charge on any atom is 0.138 e. The molecule has 0 N–H and O–H groups in total. The van der Waals surface area contributed by atoms with Crippen LogP contribution in [0.4, 0.5) is 0 Å². The van der Waals surface area contributed by atoms with Gasteiger partial charge in [0.25, 0.3) is 0 Å². The third-order valence-electron chi connectivity index (χ3n) is 1.71. The molecule has 2 heterocycles. The Bertz CT molecular complexity index is 443. The lowest BCUT2D eigenvalue weighted by atomic mass is 10.4. The topological polar surface area (TPSA) is 22.1 Å². The smallest absolute Gasteiger partial charge is 0.138 e. The largest absolute Gasteiger partial charge is 0.486 e. The highest BCUT2D eigenvalue weighted by Crippen LogP contribution is 2.23. The average Bonchev–Trinajstić information content (AvgIpc) is 2.64. The molecule has 0 aliphatic rings. The highest BCUT2D eigenvalue weighted by atomic mass is 79.9. The van der Waals surface area contributed by atoms with Gasteiger partial charge in [-0.1, -0.05) is 11.6 Å². The van der Waals surface area contributed by atoms with E-state index in [2.05, 4.69) is 20.9 Å². The summed E-state index contributed by atoms with van der Waals surface area (Å²) in [5.41, 5.74) is 0. The van der Waals surface area contributed by atoms with Crippen LogP contribution in [0, 0.1) is 0 Å². The number of halogens is 2. The number of nitrogens with zero attached hydrogens (tertiary/aromatic N) is 1. The molecule has 2 aromatic heterocycles. The maximum atomic E-state index is 5.81. The Morgan fingerprint density at radius 3 is 2.80 bits per heavy atom. The van der Waals surface area contributed by atoms with E-state index in [1.54, 1.807) is 6.20 Å². The quantitative estimate of drug-likeness (QED) is 0.795. The van der Waals surface area contributed by atoms with Crippen molar-refractivity contribution in [2.45, 2.75) is 6.61 Å². The molecule has 2 nitrogen and oxygen atoms in total. The SMILES string of the molecule is Clc1ccc(COc2ccc(Br)nc2)s1. The molecule has 0 spiro atoms. The molecule has 2 rings (SSSR count). The molecule has 0 amide bonds. The van der Waals surface area contributed by atoms with Crippen molar-refractivity contribution < 1.29 is 4.74 Å². The first-order chi connectivity index (χ1) is 7.24. The molecule has 0 atom stereocenters. The molecule has 0 bridgehead atoms. The molecule has 0 saturated carbocycles. The Hall–Kier alpha value is -0.580. The minimum atomic E-state index is 0.528. The fourth-order valence-electron chi connectivity index (χ4n) is 1.03. The molecule has 2 aromatic rings. The lowest BCUT2D eigenvalue weighted by molar-refractivity contribution is 0.308. The number of rotatable bonds is 3. The van der Waals surface area contributed by atoms with Gasteiger partial charge in [-0.15, -0.1) is 11.3 Å². The van der Waals surface area contributed by atoms with E-state index in [0.717, 1.165) is 19.6 Å². The van der Waals surface area contributed by atoms with E-state index < -0.39 is 0 Å². The Labute approximate surface area is 105 Å². The Morgan fingerprint density at radius 2 is 2.20 bits per heavy atom. The third kappa shape index (κ3) is 3.19. The number of thiophene rings is 1. The predicted molar refractivity (Wildman–Crippen MR) is 65.6 cm³/mol. The molecule has 0 aliphatic heterocycles. The summed E-state index contributed by atoms with van der Waals surface area (Å²) in [4.78, 5) is 5.17. The first kappa shape index (κ1) is 10.9.